The minimum atomic E-state index is -4.62. The van der Waals surface area contributed by atoms with Crippen molar-refractivity contribution in [3.8, 4) is 0 Å². The molecule has 35 heavy (non-hydrogen) atoms. The van der Waals surface area contributed by atoms with Gasteiger partial charge in [-0.3, -0.25) is 19.9 Å². The predicted molar refractivity (Wildman–Crippen MR) is 129 cm³/mol. The highest BCUT2D eigenvalue weighted by molar-refractivity contribution is 5.63. The Morgan fingerprint density at radius 3 is 1.97 bits per heavy atom. The third-order valence-corrected chi connectivity index (χ3v) is 6.27. The second kappa shape index (κ2) is 10.9. The van der Waals surface area contributed by atoms with Gasteiger partial charge in [-0.1, -0.05) is 60.7 Å². The zero-order chi connectivity index (χ0) is 24.8. The molecule has 6 nitrogen and oxygen atoms in total. The lowest BCUT2D eigenvalue weighted by atomic mass is 9.96. The molecule has 3 aromatic rings. The maximum atomic E-state index is 12.9. The van der Waals surface area contributed by atoms with Crippen molar-refractivity contribution in [2.75, 3.05) is 44.6 Å². The van der Waals surface area contributed by atoms with E-state index in [0.29, 0.717) is 19.2 Å². The molecule has 1 saturated heterocycles. The first-order chi connectivity index (χ1) is 16.8. The van der Waals surface area contributed by atoms with Gasteiger partial charge < -0.3 is 5.32 Å². The smallest absolute Gasteiger partial charge is 0.378 e. The number of hydrogen-bond donors (Lipinski definition) is 1. The van der Waals surface area contributed by atoms with Crippen molar-refractivity contribution in [1.82, 2.24) is 9.80 Å². The van der Waals surface area contributed by atoms with Gasteiger partial charge in [0, 0.05) is 45.3 Å². The maximum absolute atomic E-state index is 12.9. The van der Waals surface area contributed by atoms with Crippen LogP contribution in [0.25, 0.3) is 0 Å². The summed E-state index contributed by atoms with van der Waals surface area (Å²) in [4.78, 5) is 15.2. The molecule has 1 fully saturated rings. The second-order valence-electron chi connectivity index (χ2n) is 8.52. The predicted octanol–water partition coefficient (Wildman–Crippen LogP) is 5.43. The van der Waals surface area contributed by atoms with Gasteiger partial charge in [0.15, 0.2) is 0 Å². The fraction of sp³-hybridized carbons (Fsp3) is 0.308. The van der Waals surface area contributed by atoms with Crippen molar-refractivity contribution < 1.29 is 18.1 Å². The van der Waals surface area contributed by atoms with Crippen LogP contribution in [0.5, 0.6) is 0 Å². The van der Waals surface area contributed by atoms with Crippen LogP contribution in [0.2, 0.25) is 0 Å². The summed E-state index contributed by atoms with van der Waals surface area (Å²) in [5.41, 5.74) is 0.970. The molecule has 1 N–H and O–H groups in total. The average Bonchev–Trinajstić information content (AvgIpc) is 2.86. The highest BCUT2D eigenvalue weighted by atomic mass is 19.4. The van der Waals surface area contributed by atoms with Gasteiger partial charge in [0.05, 0.1) is 16.5 Å². The van der Waals surface area contributed by atoms with Crippen molar-refractivity contribution in [3.05, 3.63) is 106 Å². The minimum Gasteiger partial charge on any atom is -0.378 e. The Balaban J connectivity index is 1.35. The van der Waals surface area contributed by atoms with Crippen LogP contribution < -0.4 is 5.32 Å². The van der Waals surface area contributed by atoms with Crippen LogP contribution in [0, 0.1) is 10.1 Å². The van der Waals surface area contributed by atoms with Crippen molar-refractivity contribution in [3.63, 3.8) is 0 Å². The topological polar surface area (TPSA) is 61.7 Å². The van der Waals surface area contributed by atoms with E-state index in [1.165, 1.54) is 11.1 Å². The number of halogens is 3. The fourth-order valence-corrected chi connectivity index (χ4v) is 4.49. The van der Waals surface area contributed by atoms with Gasteiger partial charge in [-0.2, -0.15) is 13.2 Å². The summed E-state index contributed by atoms with van der Waals surface area (Å²) in [6.07, 6.45) is -4.62. The molecule has 0 atom stereocenters. The Morgan fingerprint density at radius 1 is 0.886 bits per heavy atom. The Kier molecular flexibility index (Phi) is 7.67. The van der Waals surface area contributed by atoms with Gasteiger partial charge in [-0.15, -0.1) is 0 Å². The molecular formula is C26H27F3N4O2. The number of nitrogens with zero attached hydrogens (tertiary/aromatic N) is 3. The highest BCUT2D eigenvalue weighted by Crippen LogP contribution is 2.35. The molecule has 1 aliphatic heterocycles. The molecule has 3 aromatic carbocycles. The second-order valence-corrected chi connectivity index (χ2v) is 8.52. The van der Waals surface area contributed by atoms with E-state index in [-0.39, 0.29) is 11.7 Å². The first kappa shape index (κ1) is 24.7. The lowest BCUT2D eigenvalue weighted by Crippen LogP contribution is -2.48. The van der Waals surface area contributed by atoms with E-state index in [2.05, 4.69) is 39.4 Å². The number of hydrogen-bond acceptors (Lipinski definition) is 5. The van der Waals surface area contributed by atoms with E-state index in [4.69, 9.17) is 0 Å². The van der Waals surface area contributed by atoms with E-state index >= 15 is 0 Å². The molecule has 1 heterocycles. The van der Waals surface area contributed by atoms with Gasteiger partial charge in [0.2, 0.25) is 0 Å². The van der Waals surface area contributed by atoms with Crippen LogP contribution in [0.1, 0.15) is 22.7 Å². The minimum absolute atomic E-state index is 0.0925. The van der Waals surface area contributed by atoms with Crippen LogP contribution in [-0.4, -0.2) is 54.0 Å². The first-order valence-electron chi connectivity index (χ1n) is 11.5. The third-order valence-electron chi connectivity index (χ3n) is 6.27. The number of nitro groups is 1. The van der Waals surface area contributed by atoms with E-state index in [1.54, 1.807) is 0 Å². The quantitative estimate of drug-likeness (QED) is 0.341. The largest absolute Gasteiger partial charge is 0.416 e. The SMILES string of the molecule is O=[N+]([O-])c1cc(C(F)(F)F)ccc1NCCN1CCN(C(c2ccccc2)c2ccccc2)CC1. The molecule has 1 aliphatic rings. The van der Waals surface area contributed by atoms with E-state index in [1.807, 2.05) is 36.4 Å². The molecule has 0 aliphatic carbocycles. The summed E-state index contributed by atoms with van der Waals surface area (Å²) in [7, 11) is 0. The summed E-state index contributed by atoms with van der Waals surface area (Å²) in [5.74, 6) is 0. The first-order valence-corrected chi connectivity index (χ1v) is 11.5. The maximum Gasteiger partial charge on any atom is 0.416 e. The monoisotopic (exact) mass is 484 g/mol. The number of alkyl halides is 3. The standard InChI is InChI=1S/C26H27F3N4O2/c27-26(28,29)22-11-12-23(24(19-22)33(34)35)30-13-14-31-15-17-32(18-16-31)25(20-7-3-1-4-8-20)21-9-5-2-6-10-21/h1-12,19,25,30H,13-18H2. The molecule has 0 amide bonds. The van der Waals surface area contributed by atoms with Crippen LogP contribution in [0.3, 0.4) is 0 Å². The fourth-order valence-electron chi connectivity index (χ4n) is 4.49. The van der Waals surface area contributed by atoms with Gasteiger partial charge in [0.1, 0.15) is 5.69 Å². The van der Waals surface area contributed by atoms with Crippen LogP contribution >= 0.6 is 0 Å². The van der Waals surface area contributed by atoms with E-state index in [9.17, 15) is 23.3 Å². The molecule has 0 bridgehead atoms. The van der Waals surface area contributed by atoms with E-state index in [0.717, 1.165) is 38.3 Å². The summed E-state index contributed by atoms with van der Waals surface area (Å²) in [6, 6.07) is 23.5. The van der Waals surface area contributed by atoms with Crippen LogP contribution in [0.4, 0.5) is 24.5 Å². The van der Waals surface area contributed by atoms with Crippen LogP contribution in [-0.2, 0) is 6.18 Å². The lowest BCUT2D eigenvalue weighted by molar-refractivity contribution is -0.384. The Bertz CT molecular complexity index is 1080. The average molecular weight is 485 g/mol. The molecule has 9 heteroatoms. The summed E-state index contributed by atoms with van der Waals surface area (Å²) in [6.45, 7) is 4.39. The van der Waals surface area contributed by atoms with Crippen molar-refractivity contribution in [2.45, 2.75) is 12.2 Å². The molecule has 0 radical (unpaired) electrons. The van der Waals surface area contributed by atoms with Crippen LogP contribution in [0.15, 0.2) is 78.9 Å². The number of nitrogens with one attached hydrogen (secondary N) is 1. The summed E-state index contributed by atoms with van der Waals surface area (Å²) < 4.78 is 38.7. The molecule has 4 rings (SSSR count). The zero-order valence-electron chi connectivity index (χ0n) is 19.1. The number of piperazine rings is 1. The van der Waals surface area contributed by atoms with Gasteiger partial charge >= 0.3 is 6.18 Å². The lowest BCUT2D eigenvalue weighted by Gasteiger charge is -2.39. The van der Waals surface area contributed by atoms with Gasteiger partial charge in [-0.25, -0.2) is 0 Å². The van der Waals surface area contributed by atoms with Gasteiger partial charge in [0.25, 0.3) is 5.69 Å². The Morgan fingerprint density at radius 2 is 1.46 bits per heavy atom. The number of nitro benzene ring substituents is 1. The molecule has 0 saturated carbocycles. The Labute approximate surface area is 202 Å². The zero-order valence-corrected chi connectivity index (χ0v) is 19.1. The summed E-state index contributed by atoms with van der Waals surface area (Å²) in [5, 5.41) is 14.2. The molecule has 184 valence electrons. The molecule has 0 aromatic heterocycles. The van der Waals surface area contributed by atoms with Crippen molar-refractivity contribution in [2.24, 2.45) is 0 Å². The Hall–Kier alpha value is -3.43. The number of benzene rings is 3. The third kappa shape index (κ3) is 6.17. The van der Waals surface area contributed by atoms with Crippen molar-refractivity contribution in [1.29, 1.82) is 0 Å². The summed E-state index contributed by atoms with van der Waals surface area (Å²) >= 11 is 0. The molecular weight excluding hydrogens is 457 g/mol. The van der Waals surface area contributed by atoms with E-state index < -0.39 is 22.4 Å². The molecule has 0 unspecified atom stereocenters. The number of rotatable bonds is 8. The highest BCUT2D eigenvalue weighted by Gasteiger charge is 2.33. The van der Waals surface area contributed by atoms with Crippen molar-refractivity contribution >= 4 is 11.4 Å². The number of anilines is 1. The normalized spacial score (nSPS) is 15.3. The van der Waals surface area contributed by atoms with Gasteiger partial charge in [-0.05, 0) is 23.3 Å². The molecule has 0 spiro atoms.